The Morgan fingerprint density at radius 2 is 1.64 bits per heavy atom. The van der Waals surface area contributed by atoms with E-state index in [0.29, 0.717) is 66.8 Å². The lowest BCUT2D eigenvalue weighted by atomic mass is 9.83. The molecule has 1 saturated heterocycles. The number of fused-ring (bicyclic) bond motifs is 4. The van der Waals surface area contributed by atoms with E-state index in [1.165, 1.54) is 21.3 Å². The van der Waals surface area contributed by atoms with Crippen molar-refractivity contribution in [2.24, 2.45) is 5.92 Å². The quantitative estimate of drug-likeness (QED) is 0.354. The lowest BCUT2D eigenvalue weighted by Crippen LogP contribution is -2.47. The summed E-state index contributed by atoms with van der Waals surface area (Å²) in [7, 11) is 6.04. The van der Waals surface area contributed by atoms with E-state index in [9.17, 15) is 14.4 Å². The van der Waals surface area contributed by atoms with Crippen molar-refractivity contribution in [2.45, 2.75) is 18.9 Å². The van der Waals surface area contributed by atoms with Crippen LogP contribution in [0.25, 0.3) is 0 Å². The number of carbonyl (C=O) groups is 2. The molecule has 2 bridgehead atoms. The summed E-state index contributed by atoms with van der Waals surface area (Å²) in [6.45, 7) is 2.78. The third kappa shape index (κ3) is 5.78. The minimum atomic E-state index is -0.401. The van der Waals surface area contributed by atoms with Gasteiger partial charge in [-0.05, 0) is 48.7 Å². The molecule has 0 unspecified atom stereocenters. The molecule has 2 amide bonds. The number of benzene rings is 2. The van der Waals surface area contributed by atoms with E-state index in [1.807, 2.05) is 22.8 Å². The van der Waals surface area contributed by atoms with Crippen molar-refractivity contribution in [1.29, 1.82) is 0 Å². The minimum Gasteiger partial charge on any atom is -0.493 e. The second-order valence-corrected chi connectivity index (χ2v) is 10.5. The van der Waals surface area contributed by atoms with Gasteiger partial charge in [-0.1, -0.05) is 6.07 Å². The zero-order chi connectivity index (χ0) is 29.8. The molecule has 1 aromatic heterocycles. The summed E-state index contributed by atoms with van der Waals surface area (Å²) >= 11 is 0. The summed E-state index contributed by atoms with van der Waals surface area (Å²) in [5.41, 5.74) is 3.06. The Balaban J connectivity index is 1.49. The molecule has 0 saturated carbocycles. The van der Waals surface area contributed by atoms with E-state index in [0.717, 1.165) is 17.8 Å². The second kappa shape index (κ2) is 12.6. The number of aromatic nitrogens is 1. The molecule has 5 rings (SSSR count). The first-order valence-electron chi connectivity index (χ1n) is 13.8. The molecule has 0 spiro atoms. The average Bonchev–Trinajstić information content (AvgIpc) is 3.00. The number of hydrogen-bond donors (Lipinski definition) is 2. The van der Waals surface area contributed by atoms with Crippen LogP contribution in [0.4, 0.5) is 11.4 Å². The minimum absolute atomic E-state index is 0.0257. The van der Waals surface area contributed by atoms with E-state index in [4.69, 9.17) is 18.9 Å². The van der Waals surface area contributed by atoms with Gasteiger partial charge in [-0.15, -0.1) is 0 Å². The Morgan fingerprint density at radius 1 is 0.881 bits per heavy atom. The van der Waals surface area contributed by atoms with Crippen molar-refractivity contribution in [1.82, 2.24) is 9.88 Å². The van der Waals surface area contributed by atoms with Gasteiger partial charge >= 0.3 is 0 Å². The van der Waals surface area contributed by atoms with Gasteiger partial charge in [0.2, 0.25) is 5.75 Å². The summed E-state index contributed by atoms with van der Waals surface area (Å²) in [5, 5.41) is 5.86. The molecule has 2 aromatic carbocycles. The molecule has 11 nitrogen and oxygen atoms in total. The third-order valence-electron chi connectivity index (χ3n) is 7.85. The summed E-state index contributed by atoms with van der Waals surface area (Å²) < 4.78 is 23.2. The van der Waals surface area contributed by atoms with Crippen molar-refractivity contribution in [2.75, 3.05) is 64.9 Å². The molecule has 2 N–H and O–H groups in total. The van der Waals surface area contributed by atoms with Gasteiger partial charge in [-0.25, -0.2) is 0 Å². The molecular weight excluding hydrogens is 540 g/mol. The van der Waals surface area contributed by atoms with Crippen LogP contribution in [0.15, 0.2) is 53.3 Å². The number of ether oxygens (including phenoxy) is 4. The van der Waals surface area contributed by atoms with Crippen LogP contribution >= 0.6 is 0 Å². The normalized spacial score (nSPS) is 17.2. The molecule has 3 aromatic rings. The first-order valence-corrected chi connectivity index (χ1v) is 13.8. The highest BCUT2D eigenvalue weighted by atomic mass is 16.5. The van der Waals surface area contributed by atoms with Crippen molar-refractivity contribution in [3.8, 4) is 17.2 Å². The van der Waals surface area contributed by atoms with Crippen LogP contribution in [0.3, 0.4) is 0 Å². The highest BCUT2D eigenvalue weighted by Gasteiger charge is 2.35. The summed E-state index contributed by atoms with van der Waals surface area (Å²) in [5.74, 6) is 0.852. The van der Waals surface area contributed by atoms with Gasteiger partial charge in [0.05, 0.1) is 39.3 Å². The predicted octanol–water partition coefficient (Wildman–Crippen LogP) is 3.13. The van der Waals surface area contributed by atoms with Gasteiger partial charge in [0.25, 0.3) is 17.4 Å². The predicted molar refractivity (Wildman–Crippen MR) is 158 cm³/mol. The number of carbonyl (C=O) groups excluding carboxylic acids is 2. The molecule has 2 atom stereocenters. The van der Waals surface area contributed by atoms with E-state index < -0.39 is 5.91 Å². The highest BCUT2D eigenvalue weighted by Crippen LogP contribution is 2.41. The molecular formula is C31H36N4O7. The van der Waals surface area contributed by atoms with Gasteiger partial charge in [0.15, 0.2) is 11.5 Å². The number of amides is 2. The molecule has 0 radical (unpaired) electrons. The third-order valence-corrected chi connectivity index (χ3v) is 7.85. The number of nitrogens with one attached hydrogen (secondary N) is 2. The van der Waals surface area contributed by atoms with Crippen LogP contribution in [0, 0.1) is 5.92 Å². The average molecular weight is 577 g/mol. The van der Waals surface area contributed by atoms with Crippen LogP contribution in [-0.4, -0.2) is 71.1 Å². The highest BCUT2D eigenvalue weighted by molar-refractivity contribution is 6.08. The summed E-state index contributed by atoms with van der Waals surface area (Å²) in [6.07, 6.45) is 0.993. The number of piperidine rings is 1. The van der Waals surface area contributed by atoms with E-state index >= 15 is 0 Å². The van der Waals surface area contributed by atoms with Crippen molar-refractivity contribution >= 4 is 23.2 Å². The van der Waals surface area contributed by atoms with Crippen LogP contribution in [-0.2, 0) is 11.3 Å². The number of rotatable bonds is 10. The lowest BCUT2D eigenvalue weighted by molar-refractivity contribution is 0.0936. The maximum absolute atomic E-state index is 13.6. The van der Waals surface area contributed by atoms with E-state index in [1.54, 1.807) is 37.4 Å². The number of hydrogen-bond acceptors (Lipinski definition) is 8. The fourth-order valence-electron chi connectivity index (χ4n) is 5.92. The molecule has 1 fully saturated rings. The van der Waals surface area contributed by atoms with Crippen LogP contribution in [0.2, 0.25) is 0 Å². The smallest absolute Gasteiger partial charge is 0.255 e. The number of pyridine rings is 1. The van der Waals surface area contributed by atoms with Crippen LogP contribution in [0.5, 0.6) is 17.2 Å². The monoisotopic (exact) mass is 576 g/mol. The number of methoxy groups -OCH3 is 4. The van der Waals surface area contributed by atoms with Crippen LogP contribution < -0.4 is 35.3 Å². The zero-order valence-electron chi connectivity index (χ0n) is 24.3. The fraction of sp³-hybridized carbons (Fsp3) is 0.387. The number of nitrogens with zero attached hydrogens (tertiary/aromatic N) is 2. The topological polar surface area (TPSA) is 120 Å². The van der Waals surface area contributed by atoms with Crippen molar-refractivity contribution < 1.29 is 28.5 Å². The maximum Gasteiger partial charge on any atom is 0.255 e. The molecule has 2 aliphatic heterocycles. The Hall–Kier alpha value is -4.51. The van der Waals surface area contributed by atoms with E-state index in [2.05, 4.69) is 15.5 Å². The Labute approximate surface area is 244 Å². The Bertz CT molecular complexity index is 1510. The van der Waals surface area contributed by atoms with Gasteiger partial charge in [0.1, 0.15) is 0 Å². The number of anilines is 2. The van der Waals surface area contributed by atoms with Crippen molar-refractivity contribution in [3.63, 3.8) is 0 Å². The molecule has 42 heavy (non-hydrogen) atoms. The standard InChI is InChI=1S/C31H36N4O7/c1-39-11-10-32-30(37)20-8-9-25(34-16-19-12-22(18-34)24-6-5-7-28(36)35(24)17-19)23(13-20)33-31(38)21-14-26(40-2)29(42-4)27(15-21)41-3/h5-9,13-15,19,22H,10-12,16-18H2,1-4H3,(H,32,37)(H,33,38)/t19-,22+/m1/s1. The SMILES string of the molecule is COCCNC(=O)c1ccc(N2C[C@H]3C[C@@H](C2)c2cccc(=O)n2C3)c(NC(=O)c2cc(OC)c(OC)c(OC)c2)c1. The second-order valence-electron chi connectivity index (χ2n) is 10.5. The molecule has 2 aliphatic rings. The van der Waals surface area contributed by atoms with Gasteiger partial charge in [-0.2, -0.15) is 0 Å². The zero-order valence-corrected chi connectivity index (χ0v) is 24.3. The van der Waals surface area contributed by atoms with Gasteiger partial charge in [-0.3, -0.25) is 14.4 Å². The van der Waals surface area contributed by atoms with Crippen molar-refractivity contribution in [3.05, 3.63) is 75.7 Å². The Morgan fingerprint density at radius 3 is 2.33 bits per heavy atom. The first-order chi connectivity index (χ1) is 20.4. The fourth-order valence-corrected chi connectivity index (χ4v) is 5.92. The largest absolute Gasteiger partial charge is 0.493 e. The molecule has 222 valence electrons. The van der Waals surface area contributed by atoms with Crippen LogP contribution in [0.1, 0.15) is 38.7 Å². The first kappa shape index (κ1) is 29.0. The Kier molecular flexibility index (Phi) is 8.67. The van der Waals surface area contributed by atoms with Gasteiger partial charge < -0.3 is 39.0 Å². The van der Waals surface area contributed by atoms with Gasteiger partial charge in [0, 0.05) is 62.1 Å². The summed E-state index contributed by atoms with van der Waals surface area (Å²) in [6, 6.07) is 13.9. The molecule has 3 heterocycles. The summed E-state index contributed by atoms with van der Waals surface area (Å²) in [4.78, 5) is 41.3. The molecule has 0 aliphatic carbocycles. The molecule has 11 heteroatoms. The van der Waals surface area contributed by atoms with E-state index in [-0.39, 0.29) is 23.3 Å². The lowest BCUT2D eigenvalue weighted by Gasteiger charge is -2.44. The maximum atomic E-state index is 13.6.